The Hall–Kier alpha value is -1.26. The van der Waals surface area contributed by atoms with E-state index in [0.29, 0.717) is 11.1 Å². The minimum absolute atomic E-state index is 0.0363. The number of amides is 1. The van der Waals surface area contributed by atoms with Gasteiger partial charge >= 0.3 is 0 Å². The van der Waals surface area contributed by atoms with Crippen LogP contribution in [0.4, 0.5) is 0 Å². The maximum Gasteiger partial charge on any atom is 0.255 e. The normalized spacial score (nSPS) is 23.1. The van der Waals surface area contributed by atoms with Crippen molar-refractivity contribution in [3.05, 3.63) is 28.8 Å². The number of hydrogen-bond acceptors (Lipinski definition) is 3. The van der Waals surface area contributed by atoms with Gasteiger partial charge in [0, 0.05) is 17.1 Å². The van der Waals surface area contributed by atoms with E-state index in [9.17, 15) is 9.90 Å². The molecule has 3 N–H and O–H groups in total. The zero-order valence-electron chi connectivity index (χ0n) is 10.9. The minimum Gasteiger partial charge on any atom is -0.507 e. The van der Waals surface area contributed by atoms with Gasteiger partial charge in [-0.15, -0.1) is 0 Å². The Bertz CT molecular complexity index is 457. The Kier molecular flexibility index (Phi) is 4.66. The van der Waals surface area contributed by atoms with Crippen LogP contribution in [0.1, 0.15) is 36.0 Å². The number of carbonyl (C=O) groups is 1. The van der Waals surface area contributed by atoms with Crippen LogP contribution in [0.3, 0.4) is 0 Å². The summed E-state index contributed by atoms with van der Waals surface area (Å²) in [4.78, 5) is 12.1. The van der Waals surface area contributed by atoms with Gasteiger partial charge in [0.15, 0.2) is 0 Å². The molecular weight excluding hydrogens is 264 g/mol. The molecule has 1 aliphatic rings. The van der Waals surface area contributed by atoms with Gasteiger partial charge in [-0.2, -0.15) is 0 Å². The Morgan fingerprint density at radius 1 is 1.26 bits per heavy atom. The second-order valence-electron chi connectivity index (χ2n) is 4.97. The largest absolute Gasteiger partial charge is 0.507 e. The zero-order chi connectivity index (χ0) is 13.8. The summed E-state index contributed by atoms with van der Waals surface area (Å²) in [7, 11) is 1.97. The van der Waals surface area contributed by atoms with Crippen LogP contribution in [0, 0.1) is 0 Å². The quantitative estimate of drug-likeness (QED) is 0.797. The summed E-state index contributed by atoms with van der Waals surface area (Å²) in [5, 5.41) is 16.4. The predicted octanol–water partition coefficient (Wildman–Crippen LogP) is 2.31. The van der Waals surface area contributed by atoms with Gasteiger partial charge in [0.1, 0.15) is 5.75 Å². The average molecular weight is 283 g/mol. The standard InChI is InChI=1S/C14H19ClN2O2/c1-16-10-3-5-11(6-4-10)17-14(19)12-8-9(15)2-7-13(12)18/h2,7-8,10-11,16,18H,3-6H2,1H3,(H,17,19). The molecule has 0 aromatic heterocycles. The Morgan fingerprint density at radius 2 is 1.89 bits per heavy atom. The van der Waals surface area contributed by atoms with E-state index in [0.717, 1.165) is 25.7 Å². The van der Waals surface area contributed by atoms with Gasteiger partial charge in [-0.3, -0.25) is 4.79 Å². The van der Waals surface area contributed by atoms with Crippen molar-refractivity contribution in [2.75, 3.05) is 7.05 Å². The summed E-state index contributed by atoms with van der Waals surface area (Å²) in [6.07, 6.45) is 4.03. The number of carbonyl (C=O) groups excluding carboxylic acids is 1. The van der Waals surface area contributed by atoms with Crippen LogP contribution in [0.25, 0.3) is 0 Å². The molecule has 0 heterocycles. The maximum atomic E-state index is 12.1. The summed E-state index contributed by atoms with van der Waals surface area (Å²) in [6, 6.07) is 5.22. The molecule has 0 bridgehead atoms. The smallest absolute Gasteiger partial charge is 0.255 e. The van der Waals surface area contributed by atoms with Crippen molar-refractivity contribution in [1.29, 1.82) is 0 Å². The van der Waals surface area contributed by atoms with Gasteiger partial charge in [-0.25, -0.2) is 0 Å². The van der Waals surface area contributed by atoms with Gasteiger partial charge in [0.2, 0.25) is 0 Å². The van der Waals surface area contributed by atoms with Crippen molar-refractivity contribution in [3.8, 4) is 5.75 Å². The first kappa shape index (κ1) is 14.2. The molecule has 1 amide bonds. The van der Waals surface area contributed by atoms with Crippen LogP contribution in [-0.2, 0) is 0 Å². The van der Waals surface area contributed by atoms with Crippen molar-refractivity contribution in [3.63, 3.8) is 0 Å². The molecule has 5 heteroatoms. The Labute approximate surface area is 118 Å². The van der Waals surface area contributed by atoms with Crippen molar-refractivity contribution < 1.29 is 9.90 Å². The van der Waals surface area contributed by atoms with E-state index in [1.807, 2.05) is 7.05 Å². The molecule has 19 heavy (non-hydrogen) atoms. The Morgan fingerprint density at radius 3 is 2.53 bits per heavy atom. The summed E-state index contributed by atoms with van der Waals surface area (Å²) < 4.78 is 0. The molecule has 0 radical (unpaired) electrons. The summed E-state index contributed by atoms with van der Waals surface area (Å²) in [6.45, 7) is 0. The first-order valence-electron chi connectivity index (χ1n) is 6.57. The highest BCUT2D eigenvalue weighted by atomic mass is 35.5. The topological polar surface area (TPSA) is 61.4 Å². The minimum atomic E-state index is -0.257. The van der Waals surface area contributed by atoms with Crippen molar-refractivity contribution >= 4 is 17.5 Å². The van der Waals surface area contributed by atoms with Gasteiger partial charge in [-0.1, -0.05) is 11.6 Å². The fourth-order valence-electron chi connectivity index (χ4n) is 2.48. The lowest BCUT2D eigenvalue weighted by atomic mass is 9.91. The first-order chi connectivity index (χ1) is 9.10. The molecule has 1 aromatic rings. The average Bonchev–Trinajstić information content (AvgIpc) is 2.42. The molecule has 0 spiro atoms. The molecule has 0 aliphatic heterocycles. The first-order valence-corrected chi connectivity index (χ1v) is 6.94. The van der Waals surface area contributed by atoms with Crippen molar-refractivity contribution in [2.24, 2.45) is 0 Å². The second-order valence-corrected chi connectivity index (χ2v) is 5.41. The van der Waals surface area contributed by atoms with E-state index in [-0.39, 0.29) is 23.3 Å². The summed E-state index contributed by atoms with van der Waals surface area (Å²) >= 11 is 5.84. The third-order valence-corrected chi connectivity index (χ3v) is 3.91. The van der Waals surface area contributed by atoms with Crippen LogP contribution in [0.2, 0.25) is 5.02 Å². The second kappa shape index (κ2) is 6.26. The van der Waals surface area contributed by atoms with E-state index in [2.05, 4.69) is 10.6 Å². The Balaban J connectivity index is 1.96. The van der Waals surface area contributed by atoms with Gasteiger partial charge in [0.05, 0.1) is 5.56 Å². The van der Waals surface area contributed by atoms with E-state index >= 15 is 0 Å². The molecule has 0 unspecified atom stereocenters. The lowest BCUT2D eigenvalue weighted by Gasteiger charge is -2.28. The van der Waals surface area contributed by atoms with Gasteiger partial charge < -0.3 is 15.7 Å². The lowest BCUT2D eigenvalue weighted by Crippen LogP contribution is -2.41. The van der Waals surface area contributed by atoms with Crippen LogP contribution < -0.4 is 10.6 Å². The van der Waals surface area contributed by atoms with Crippen LogP contribution in [0.15, 0.2) is 18.2 Å². The van der Waals surface area contributed by atoms with Gasteiger partial charge in [0.25, 0.3) is 5.91 Å². The maximum absolute atomic E-state index is 12.1. The molecule has 0 atom stereocenters. The SMILES string of the molecule is CNC1CCC(NC(=O)c2cc(Cl)ccc2O)CC1. The zero-order valence-corrected chi connectivity index (χ0v) is 11.7. The summed E-state index contributed by atoms with van der Waals surface area (Å²) in [5.74, 6) is -0.293. The highest BCUT2D eigenvalue weighted by molar-refractivity contribution is 6.31. The lowest BCUT2D eigenvalue weighted by molar-refractivity contribution is 0.0922. The van der Waals surface area contributed by atoms with Crippen molar-refractivity contribution in [1.82, 2.24) is 10.6 Å². The molecule has 2 rings (SSSR count). The monoisotopic (exact) mass is 282 g/mol. The molecule has 1 aliphatic carbocycles. The molecular formula is C14H19ClN2O2. The van der Waals surface area contributed by atoms with E-state index in [4.69, 9.17) is 11.6 Å². The van der Waals surface area contributed by atoms with E-state index < -0.39 is 0 Å². The van der Waals surface area contributed by atoms with Crippen molar-refractivity contribution in [2.45, 2.75) is 37.8 Å². The number of halogens is 1. The number of phenolic OH excluding ortho intramolecular Hbond substituents is 1. The molecule has 1 fully saturated rings. The number of hydrogen-bond donors (Lipinski definition) is 3. The number of phenols is 1. The number of nitrogens with one attached hydrogen (secondary N) is 2. The fourth-order valence-corrected chi connectivity index (χ4v) is 2.65. The molecule has 0 saturated heterocycles. The van der Waals surface area contributed by atoms with E-state index in [1.54, 1.807) is 6.07 Å². The van der Waals surface area contributed by atoms with E-state index in [1.165, 1.54) is 12.1 Å². The third-order valence-electron chi connectivity index (χ3n) is 3.67. The molecule has 1 aromatic carbocycles. The number of aromatic hydroxyl groups is 1. The molecule has 4 nitrogen and oxygen atoms in total. The predicted molar refractivity (Wildman–Crippen MR) is 75.7 cm³/mol. The molecule has 1 saturated carbocycles. The fraction of sp³-hybridized carbons (Fsp3) is 0.500. The number of benzene rings is 1. The van der Waals surface area contributed by atoms with Crippen LogP contribution in [-0.4, -0.2) is 30.1 Å². The third kappa shape index (κ3) is 3.61. The van der Waals surface area contributed by atoms with Crippen LogP contribution >= 0.6 is 11.6 Å². The molecule has 104 valence electrons. The highest BCUT2D eigenvalue weighted by Crippen LogP contribution is 2.23. The highest BCUT2D eigenvalue weighted by Gasteiger charge is 2.22. The number of rotatable bonds is 3. The van der Waals surface area contributed by atoms with Gasteiger partial charge in [-0.05, 0) is 50.9 Å². The summed E-state index contributed by atoms with van der Waals surface area (Å²) in [5.41, 5.74) is 0.239. The van der Waals surface area contributed by atoms with Crippen LogP contribution in [0.5, 0.6) is 5.75 Å².